The summed E-state index contributed by atoms with van der Waals surface area (Å²) >= 11 is 3.51. The fourth-order valence-electron chi connectivity index (χ4n) is 3.26. The Morgan fingerprint density at radius 3 is 2.67 bits per heavy atom. The fourth-order valence-corrected chi connectivity index (χ4v) is 3.68. The number of halogens is 1. The number of fused-ring (bicyclic) bond motifs is 3. The van der Waals surface area contributed by atoms with Crippen LogP contribution >= 0.6 is 15.9 Å². The van der Waals surface area contributed by atoms with Gasteiger partial charge in [0.25, 0.3) is 0 Å². The Morgan fingerprint density at radius 2 is 1.88 bits per heavy atom. The van der Waals surface area contributed by atoms with Gasteiger partial charge in [-0.25, -0.2) is 0 Å². The van der Waals surface area contributed by atoms with E-state index in [4.69, 9.17) is 10.5 Å². The highest BCUT2D eigenvalue weighted by Crippen LogP contribution is 2.45. The zero-order valence-corrected chi connectivity index (χ0v) is 14.2. The third-order valence-electron chi connectivity index (χ3n) is 4.30. The molecule has 116 valence electrons. The van der Waals surface area contributed by atoms with Gasteiger partial charge in [-0.3, -0.25) is 0 Å². The lowest BCUT2D eigenvalue weighted by atomic mass is 9.81. The predicted molar refractivity (Wildman–Crippen MR) is 97.4 cm³/mol. The average Bonchev–Trinajstić information content (AvgIpc) is 2.60. The molecule has 0 saturated carbocycles. The monoisotopic (exact) mass is 376 g/mol. The first-order valence-electron chi connectivity index (χ1n) is 7.53. The summed E-state index contributed by atoms with van der Waals surface area (Å²) in [6.45, 7) is 0. The van der Waals surface area contributed by atoms with Crippen LogP contribution < -0.4 is 10.5 Å². The average molecular weight is 377 g/mol. The molecule has 4 heteroatoms. The van der Waals surface area contributed by atoms with Crippen LogP contribution in [0.25, 0.3) is 10.8 Å². The number of allylic oxidation sites excluding steroid dienone is 1. The van der Waals surface area contributed by atoms with Gasteiger partial charge in [0, 0.05) is 10.0 Å². The van der Waals surface area contributed by atoms with Crippen molar-refractivity contribution in [2.45, 2.75) is 5.92 Å². The Hall–Kier alpha value is -2.77. The van der Waals surface area contributed by atoms with Crippen molar-refractivity contribution in [2.75, 3.05) is 0 Å². The van der Waals surface area contributed by atoms with Gasteiger partial charge < -0.3 is 10.5 Å². The molecule has 3 aromatic rings. The van der Waals surface area contributed by atoms with Crippen LogP contribution in [0.5, 0.6) is 5.75 Å². The summed E-state index contributed by atoms with van der Waals surface area (Å²) in [4.78, 5) is 0. The van der Waals surface area contributed by atoms with Crippen molar-refractivity contribution in [3.63, 3.8) is 0 Å². The van der Waals surface area contributed by atoms with E-state index in [0.29, 0.717) is 11.3 Å². The minimum Gasteiger partial charge on any atom is -0.440 e. The standard InChI is InChI=1S/C20H13BrN2O/c21-14-6-3-5-13(10-14)18-16(11-22)20(23)24-17-9-8-12-4-1-2-7-15(12)19(17)18/h1-10,18H,23H2. The number of nitrogens with two attached hydrogens (primary N) is 1. The quantitative estimate of drug-likeness (QED) is 0.662. The van der Waals surface area contributed by atoms with E-state index in [1.165, 1.54) is 0 Å². The van der Waals surface area contributed by atoms with Gasteiger partial charge in [-0.15, -0.1) is 0 Å². The first-order chi connectivity index (χ1) is 11.7. The molecule has 0 bridgehead atoms. The van der Waals surface area contributed by atoms with Gasteiger partial charge in [0.1, 0.15) is 17.4 Å². The van der Waals surface area contributed by atoms with Gasteiger partial charge in [-0.1, -0.05) is 58.4 Å². The molecule has 3 nitrogen and oxygen atoms in total. The molecular formula is C20H13BrN2O. The predicted octanol–water partition coefficient (Wildman–Crippen LogP) is 4.82. The Kier molecular flexibility index (Phi) is 3.51. The molecule has 24 heavy (non-hydrogen) atoms. The number of hydrogen-bond acceptors (Lipinski definition) is 3. The SMILES string of the molecule is N#CC1=C(N)Oc2ccc3ccccc3c2C1c1cccc(Br)c1. The topological polar surface area (TPSA) is 59.0 Å². The fraction of sp³-hybridized carbons (Fsp3) is 0.0500. The van der Waals surface area contributed by atoms with E-state index in [9.17, 15) is 5.26 Å². The van der Waals surface area contributed by atoms with Crippen LogP contribution in [0.15, 0.2) is 76.6 Å². The second-order valence-corrected chi connectivity index (χ2v) is 6.59. The number of rotatable bonds is 1. The van der Waals surface area contributed by atoms with E-state index in [2.05, 4.69) is 34.1 Å². The molecule has 0 saturated heterocycles. The zero-order valence-electron chi connectivity index (χ0n) is 12.7. The smallest absolute Gasteiger partial charge is 0.205 e. The highest BCUT2D eigenvalue weighted by Gasteiger charge is 2.32. The largest absolute Gasteiger partial charge is 0.440 e. The van der Waals surface area contributed by atoms with Crippen molar-refractivity contribution < 1.29 is 4.74 Å². The molecule has 1 aliphatic rings. The minimum absolute atomic E-state index is 0.172. The summed E-state index contributed by atoms with van der Waals surface area (Å²) in [7, 11) is 0. The molecule has 0 spiro atoms. The third-order valence-corrected chi connectivity index (χ3v) is 4.79. The minimum atomic E-state index is -0.248. The normalized spacial score (nSPS) is 16.4. The molecule has 0 radical (unpaired) electrons. The maximum Gasteiger partial charge on any atom is 0.205 e. The summed E-state index contributed by atoms with van der Waals surface area (Å²) < 4.78 is 6.71. The lowest BCUT2D eigenvalue weighted by Crippen LogP contribution is -2.21. The summed E-state index contributed by atoms with van der Waals surface area (Å²) in [5.74, 6) is 0.628. The molecule has 1 heterocycles. The van der Waals surface area contributed by atoms with Crippen LogP contribution in [0, 0.1) is 11.3 Å². The molecule has 0 aliphatic carbocycles. The zero-order chi connectivity index (χ0) is 16.7. The van der Waals surface area contributed by atoms with Crippen molar-refractivity contribution in [3.05, 3.63) is 87.7 Å². The van der Waals surface area contributed by atoms with Crippen LogP contribution in [0.2, 0.25) is 0 Å². The first kappa shape index (κ1) is 14.8. The lowest BCUT2D eigenvalue weighted by molar-refractivity contribution is 0.395. The molecule has 2 N–H and O–H groups in total. The Morgan fingerprint density at radius 1 is 1.04 bits per heavy atom. The van der Waals surface area contributed by atoms with E-state index in [1.807, 2.05) is 48.5 Å². The molecule has 0 fully saturated rings. The maximum atomic E-state index is 9.68. The van der Waals surface area contributed by atoms with Crippen LogP contribution in [-0.2, 0) is 0 Å². The van der Waals surface area contributed by atoms with Crippen LogP contribution in [0.1, 0.15) is 17.0 Å². The van der Waals surface area contributed by atoms with Gasteiger partial charge in [-0.05, 0) is 34.5 Å². The van der Waals surface area contributed by atoms with Gasteiger partial charge in [0.05, 0.1) is 5.92 Å². The van der Waals surface area contributed by atoms with Crippen LogP contribution in [0.3, 0.4) is 0 Å². The molecule has 0 aromatic heterocycles. The van der Waals surface area contributed by atoms with Crippen molar-refractivity contribution in [3.8, 4) is 11.8 Å². The van der Waals surface area contributed by atoms with Crippen molar-refractivity contribution in [2.24, 2.45) is 5.73 Å². The van der Waals surface area contributed by atoms with Crippen LogP contribution in [-0.4, -0.2) is 0 Å². The van der Waals surface area contributed by atoms with Gasteiger partial charge in [-0.2, -0.15) is 5.26 Å². The number of nitriles is 1. The Labute approximate surface area is 148 Å². The van der Waals surface area contributed by atoms with Crippen molar-refractivity contribution in [1.82, 2.24) is 0 Å². The number of nitrogens with zero attached hydrogens (tertiary/aromatic N) is 1. The molecule has 0 amide bonds. The Balaban J connectivity index is 2.07. The Bertz CT molecular complexity index is 1030. The third kappa shape index (κ3) is 2.26. The number of hydrogen-bond donors (Lipinski definition) is 1. The molecule has 1 atom stereocenters. The number of benzene rings is 3. The summed E-state index contributed by atoms with van der Waals surface area (Å²) in [5.41, 5.74) is 8.47. The summed E-state index contributed by atoms with van der Waals surface area (Å²) in [6.07, 6.45) is 0. The van der Waals surface area contributed by atoms with Crippen molar-refractivity contribution in [1.29, 1.82) is 5.26 Å². The van der Waals surface area contributed by atoms with E-state index >= 15 is 0 Å². The van der Waals surface area contributed by atoms with Gasteiger partial charge >= 0.3 is 0 Å². The van der Waals surface area contributed by atoms with E-state index in [0.717, 1.165) is 26.4 Å². The van der Waals surface area contributed by atoms with E-state index < -0.39 is 0 Å². The molecule has 1 unspecified atom stereocenters. The highest BCUT2D eigenvalue weighted by atomic mass is 79.9. The maximum absolute atomic E-state index is 9.68. The van der Waals surface area contributed by atoms with E-state index in [1.54, 1.807) is 0 Å². The summed E-state index contributed by atoms with van der Waals surface area (Å²) in [6, 6.07) is 22.2. The van der Waals surface area contributed by atoms with Gasteiger partial charge in [0.15, 0.2) is 0 Å². The lowest BCUT2D eigenvalue weighted by Gasteiger charge is -2.28. The van der Waals surface area contributed by atoms with Gasteiger partial charge in [0.2, 0.25) is 5.88 Å². The van der Waals surface area contributed by atoms with Crippen molar-refractivity contribution >= 4 is 26.7 Å². The second kappa shape index (κ2) is 5.70. The molecular weight excluding hydrogens is 364 g/mol. The second-order valence-electron chi connectivity index (χ2n) is 5.68. The van der Waals surface area contributed by atoms with E-state index in [-0.39, 0.29) is 11.8 Å². The highest BCUT2D eigenvalue weighted by molar-refractivity contribution is 9.10. The molecule has 1 aliphatic heterocycles. The number of ether oxygens (including phenoxy) is 1. The summed E-state index contributed by atoms with van der Waals surface area (Å²) in [5, 5.41) is 11.9. The van der Waals surface area contributed by atoms with Crippen LogP contribution in [0.4, 0.5) is 0 Å². The molecule has 4 rings (SSSR count). The first-order valence-corrected chi connectivity index (χ1v) is 8.33. The molecule has 3 aromatic carbocycles.